The Kier molecular flexibility index (Phi) is 2.37. The smallest absolute Gasteiger partial charge is 0.156 e. The van der Waals surface area contributed by atoms with Crippen LogP contribution in [-0.4, -0.2) is 5.78 Å². The van der Waals surface area contributed by atoms with E-state index < -0.39 is 0 Å². The van der Waals surface area contributed by atoms with Crippen molar-refractivity contribution in [2.45, 2.75) is 40.0 Å². The lowest BCUT2D eigenvalue weighted by Gasteiger charge is -2.48. The van der Waals surface area contributed by atoms with Gasteiger partial charge in [-0.2, -0.15) is 0 Å². The van der Waals surface area contributed by atoms with Crippen molar-refractivity contribution < 1.29 is 4.79 Å². The van der Waals surface area contributed by atoms with Crippen LogP contribution in [0.3, 0.4) is 0 Å². The molecule has 0 aromatic rings. The molecule has 2 rings (SSSR count). The molecule has 0 saturated heterocycles. The third-order valence-corrected chi connectivity index (χ3v) is 4.62. The molecule has 15 heavy (non-hydrogen) atoms. The lowest BCUT2D eigenvalue weighted by atomic mass is 9.56. The van der Waals surface area contributed by atoms with Crippen LogP contribution in [0, 0.1) is 17.3 Å². The van der Waals surface area contributed by atoms with E-state index in [2.05, 4.69) is 27.4 Å². The SMILES string of the molecule is C=C1CC(C)C(C)C2(C)CCC(=O)C=C12. The average Bonchev–Trinajstić information content (AvgIpc) is 2.18. The molecule has 1 saturated carbocycles. The van der Waals surface area contributed by atoms with Crippen LogP contribution in [0.2, 0.25) is 0 Å². The van der Waals surface area contributed by atoms with Crippen molar-refractivity contribution in [1.82, 2.24) is 0 Å². The van der Waals surface area contributed by atoms with Gasteiger partial charge in [-0.05, 0) is 41.7 Å². The van der Waals surface area contributed by atoms with Crippen LogP contribution in [0.15, 0.2) is 23.8 Å². The highest BCUT2D eigenvalue weighted by Crippen LogP contribution is 2.53. The lowest BCUT2D eigenvalue weighted by Crippen LogP contribution is -2.39. The predicted octanol–water partition coefficient (Wildman–Crippen LogP) is 3.51. The van der Waals surface area contributed by atoms with Crippen LogP contribution in [-0.2, 0) is 4.79 Å². The number of carbonyl (C=O) groups excluding carboxylic acids is 1. The van der Waals surface area contributed by atoms with Crippen LogP contribution in [0.4, 0.5) is 0 Å². The molecule has 3 atom stereocenters. The molecule has 2 aliphatic rings. The average molecular weight is 204 g/mol. The quantitative estimate of drug-likeness (QED) is 0.590. The highest BCUT2D eigenvalue weighted by atomic mass is 16.1. The third kappa shape index (κ3) is 1.49. The zero-order valence-corrected chi connectivity index (χ0v) is 9.97. The van der Waals surface area contributed by atoms with Crippen molar-refractivity contribution in [2.24, 2.45) is 17.3 Å². The molecule has 1 fully saturated rings. The van der Waals surface area contributed by atoms with Gasteiger partial charge in [-0.25, -0.2) is 0 Å². The van der Waals surface area contributed by atoms with Crippen molar-refractivity contribution in [3.05, 3.63) is 23.8 Å². The lowest BCUT2D eigenvalue weighted by molar-refractivity contribution is -0.116. The van der Waals surface area contributed by atoms with Crippen molar-refractivity contribution >= 4 is 5.78 Å². The Hall–Kier alpha value is -0.850. The Morgan fingerprint density at radius 2 is 2.13 bits per heavy atom. The zero-order chi connectivity index (χ0) is 11.2. The molecule has 0 aromatic heterocycles. The van der Waals surface area contributed by atoms with Crippen LogP contribution < -0.4 is 0 Å². The number of carbonyl (C=O) groups is 1. The zero-order valence-electron chi connectivity index (χ0n) is 9.97. The van der Waals surface area contributed by atoms with Gasteiger partial charge in [-0.3, -0.25) is 4.79 Å². The monoisotopic (exact) mass is 204 g/mol. The van der Waals surface area contributed by atoms with Crippen molar-refractivity contribution in [1.29, 1.82) is 0 Å². The largest absolute Gasteiger partial charge is 0.295 e. The fourth-order valence-electron chi connectivity index (χ4n) is 3.20. The van der Waals surface area contributed by atoms with E-state index in [0.717, 1.165) is 12.8 Å². The second-order valence-electron chi connectivity index (χ2n) is 5.52. The van der Waals surface area contributed by atoms with E-state index in [1.54, 1.807) is 0 Å². The number of ketones is 1. The third-order valence-electron chi connectivity index (χ3n) is 4.62. The number of allylic oxidation sites excluding steroid dienone is 3. The molecule has 0 aromatic carbocycles. The summed E-state index contributed by atoms with van der Waals surface area (Å²) in [6, 6.07) is 0. The van der Waals surface area contributed by atoms with Crippen molar-refractivity contribution in [3.8, 4) is 0 Å². The van der Waals surface area contributed by atoms with E-state index in [-0.39, 0.29) is 11.2 Å². The maximum atomic E-state index is 11.5. The second kappa shape index (κ2) is 3.33. The Bertz CT molecular complexity index is 350. The summed E-state index contributed by atoms with van der Waals surface area (Å²) in [5.41, 5.74) is 2.63. The van der Waals surface area contributed by atoms with E-state index in [9.17, 15) is 4.79 Å². The molecule has 1 nitrogen and oxygen atoms in total. The number of hydrogen-bond donors (Lipinski definition) is 0. The molecule has 0 aliphatic heterocycles. The van der Waals surface area contributed by atoms with E-state index >= 15 is 0 Å². The van der Waals surface area contributed by atoms with Crippen LogP contribution in [0.5, 0.6) is 0 Å². The minimum absolute atomic E-state index is 0.197. The van der Waals surface area contributed by atoms with Gasteiger partial charge in [0, 0.05) is 6.42 Å². The number of rotatable bonds is 0. The highest BCUT2D eigenvalue weighted by molar-refractivity contribution is 5.92. The van der Waals surface area contributed by atoms with Gasteiger partial charge in [0.05, 0.1) is 0 Å². The summed E-state index contributed by atoms with van der Waals surface area (Å²) in [5, 5.41) is 0. The summed E-state index contributed by atoms with van der Waals surface area (Å²) in [6.45, 7) is 11.1. The topological polar surface area (TPSA) is 17.1 Å². The molecule has 0 N–H and O–H groups in total. The van der Waals surface area contributed by atoms with E-state index in [0.29, 0.717) is 18.3 Å². The summed E-state index contributed by atoms with van der Waals surface area (Å²) in [5.74, 6) is 1.63. The normalized spacial score (nSPS) is 41.1. The van der Waals surface area contributed by atoms with E-state index in [1.807, 2.05) is 6.08 Å². The Labute approximate surface area is 92.3 Å². The summed E-state index contributed by atoms with van der Waals surface area (Å²) in [6.07, 6.45) is 4.62. The maximum Gasteiger partial charge on any atom is 0.156 e. The fraction of sp³-hybridized carbons (Fsp3) is 0.643. The molecular weight excluding hydrogens is 184 g/mol. The van der Waals surface area contributed by atoms with Gasteiger partial charge in [-0.15, -0.1) is 0 Å². The van der Waals surface area contributed by atoms with Gasteiger partial charge in [0.2, 0.25) is 0 Å². The molecule has 0 bridgehead atoms. The molecule has 82 valence electrons. The first kappa shape index (κ1) is 10.7. The molecule has 0 heterocycles. The minimum atomic E-state index is 0.197. The molecule has 1 heteroatoms. The number of fused-ring (bicyclic) bond motifs is 1. The Balaban J connectivity index is 2.46. The van der Waals surface area contributed by atoms with Crippen LogP contribution >= 0.6 is 0 Å². The van der Waals surface area contributed by atoms with Gasteiger partial charge in [0.25, 0.3) is 0 Å². The first-order valence-corrected chi connectivity index (χ1v) is 5.88. The molecular formula is C14H20O. The van der Waals surface area contributed by atoms with Gasteiger partial charge < -0.3 is 0 Å². The maximum absolute atomic E-state index is 11.5. The van der Waals surface area contributed by atoms with E-state index in [4.69, 9.17) is 0 Å². The van der Waals surface area contributed by atoms with Gasteiger partial charge in [0.15, 0.2) is 5.78 Å². The first-order chi connectivity index (χ1) is 6.95. The Morgan fingerprint density at radius 3 is 2.80 bits per heavy atom. The predicted molar refractivity (Wildman–Crippen MR) is 62.5 cm³/mol. The summed E-state index contributed by atoms with van der Waals surface area (Å²) >= 11 is 0. The second-order valence-corrected chi connectivity index (χ2v) is 5.52. The van der Waals surface area contributed by atoms with Gasteiger partial charge in [-0.1, -0.05) is 32.9 Å². The van der Waals surface area contributed by atoms with Crippen molar-refractivity contribution in [2.75, 3.05) is 0 Å². The van der Waals surface area contributed by atoms with Crippen LogP contribution in [0.25, 0.3) is 0 Å². The fourth-order valence-corrected chi connectivity index (χ4v) is 3.20. The van der Waals surface area contributed by atoms with Crippen molar-refractivity contribution in [3.63, 3.8) is 0 Å². The summed E-state index contributed by atoms with van der Waals surface area (Å²) < 4.78 is 0. The van der Waals surface area contributed by atoms with Gasteiger partial charge >= 0.3 is 0 Å². The minimum Gasteiger partial charge on any atom is -0.295 e. The Morgan fingerprint density at radius 1 is 1.47 bits per heavy atom. The summed E-state index contributed by atoms with van der Waals surface area (Å²) in [4.78, 5) is 11.5. The van der Waals surface area contributed by atoms with Crippen LogP contribution in [0.1, 0.15) is 40.0 Å². The van der Waals surface area contributed by atoms with Gasteiger partial charge in [0.1, 0.15) is 0 Å². The number of hydrogen-bond acceptors (Lipinski definition) is 1. The first-order valence-electron chi connectivity index (χ1n) is 5.88. The molecule has 0 spiro atoms. The van der Waals surface area contributed by atoms with E-state index in [1.165, 1.54) is 11.1 Å². The highest BCUT2D eigenvalue weighted by Gasteiger charge is 2.44. The summed E-state index contributed by atoms with van der Waals surface area (Å²) in [7, 11) is 0. The molecule has 0 radical (unpaired) electrons. The molecule has 0 amide bonds. The molecule has 2 aliphatic carbocycles. The standard InChI is InChI=1S/C14H20O/c1-9-7-10(2)13-8-12(15)5-6-14(13,4)11(9)3/h8-9,11H,2,5-7H2,1,3-4H3. The molecule has 3 unspecified atom stereocenters.